The molecular weight excluding hydrogens is 266 g/mol. The molecule has 1 atom stereocenters. The van der Waals surface area contributed by atoms with Crippen LogP contribution in [0.5, 0.6) is 5.75 Å². The first-order chi connectivity index (χ1) is 8.98. The SMILES string of the molecule is CCN1CCOC(c2ccc(OS(C)(=O)=O)cc2)C1. The van der Waals surface area contributed by atoms with Crippen LogP contribution in [0.4, 0.5) is 0 Å². The second-order valence-corrected chi connectivity index (χ2v) is 6.18. The zero-order valence-corrected chi connectivity index (χ0v) is 12.0. The maximum atomic E-state index is 11.0. The highest BCUT2D eigenvalue weighted by Gasteiger charge is 2.20. The van der Waals surface area contributed by atoms with Crippen molar-refractivity contribution in [1.82, 2.24) is 4.90 Å². The summed E-state index contributed by atoms with van der Waals surface area (Å²) in [5, 5.41) is 0. The third-order valence-electron chi connectivity index (χ3n) is 3.10. The van der Waals surface area contributed by atoms with Crippen LogP contribution in [0.15, 0.2) is 24.3 Å². The Hall–Kier alpha value is -1.11. The summed E-state index contributed by atoms with van der Waals surface area (Å²) >= 11 is 0. The van der Waals surface area contributed by atoms with Gasteiger partial charge in [-0.05, 0) is 24.2 Å². The third-order valence-corrected chi connectivity index (χ3v) is 3.59. The molecule has 0 amide bonds. The van der Waals surface area contributed by atoms with Gasteiger partial charge in [-0.1, -0.05) is 19.1 Å². The van der Waals surface area contributed by atoms with E-state index in [2.05, 4.69) is 11.8 Å². The fourth-order valence-electron chi connectivity index (χ4n) is 2.10. The Balaban J connectivity index is 2.05. The molecule has 19 heavy (non-hydrogen) atoms. The second kappa shape index (κ2) is 5.90. The Kier molecular flexibility index (Phi) is 4.44. The van der Waals surface area contributed by atoms with Crippen molar-refractivity contribution in [2.24, 2.45) is 0 Å². The van der Waals surface area contributed by atoms with E-state index < -0.39 is 10.1 Å². The van der Waals surface area contributed by atoms with Crippen LogP contribution < -0.4 is 4.18 Å². The van der Waals surface area contributed by atoms with Gasteiger partial charge >= 0.3 is 10.1 Å². The number of likely N-dealkylation sites (N-methyl/N-ethyl adjacent to an activating group) is 1. The molecule has 0 aliphatic carbocycles. The van der Waals surface area contributed by atoms with Gasteiger partial charge in [-0.3, -0.25) is 4.90 Å². The van der Waals surface area contributed by atoms with E-state index in [9.17, 15) is 8.42 Å². The van der Waals surface area contributed by atoms with Gasteiger partial charge in [-0.25, -0.2) is 0 Å². The standard InChI is InChI=1S/C13H19NO4S/c1-3-14-8-9-17-13(10-14)11-4-6-12(7-5-11)18-19(2,15)16/h4-7,13H,3,8-10H2,1-2H3. The molecule has 1 saturated heterocycles. The van der Waals surface area contributed by atoms with Gasteiger partial charge in [-0.15, -0.1) is 0 Å². The van der Waals surface area contributed by atoms with Crippen LogP contribution in [-0.4, -0.2) is 45.8 Å². The maximum Gasteiger partial charge on any atom is 0.306 e. The first kappa shape index (κ1) is 14.3. The summed E-state index contributed by atoms with van der Waals surface area (Å²) in [6.07, 6.45) is 1.07. The summed E-state index contributed by atoms with van der Waals surface area (Å²) in [7, 11) is -3.47. The molecule has 1 aliphatic rings. The van der Waals surface area contributed by atoms with Gasteiger partial charge < -0.3 is 8.92 Å². The van der Waals surface area contributed by atoms with Crippen LogP contribution in [0.25, 0.3) is 0 Å². The molecule has 0 saturated carbocycles. The topological polar surface area (TPSA) is 55.8 Å². The van der Waals surface area contributed by atoms with Crippen molar-refractivity contribution < 1.29 is 17.3 Å². The van der Waals surface area contributed by atoms with Gasteiger partial charge in [0, 0.05) is 13.1 Å². The number of ether oxygens (including phenoxy) is 1. The van der Waals surface area contributed by atoms with Crippen LogP contribution >= 0.6 is 0 Å². The molecular formula is C13H19NO4S. The van der Waals surface area contributed by atoms with Crippen LogP contribution in [0, 0.1) is 0 Å². The highest BCUT2D eigenvalue weighted by atomic mass is 32.2. The van der Waals surface area contributed by atoms with E-state index in [1.807, 2.05) is 12.1 Å². The highest BCUT2D eigenvalue weighted by Crippen LogP contribution is 2.24. The lowest BCUT2D eigenvalue weighted by Gasteiger charge is -2.32. The normalized spacial score (nSPS) is 21.3. The monoisotopic (exact) mass is 285 g/mol. The summed E-state index contributed by atoms with van der Waals surface area (Å²) in [6, 6.07) is 7.02. The fraction of sp³-hybridized carbons (Fsp3) is 0.538. The minimum atomic E-state index is -3.47. The van der Waals surface area contributed by atoms with Crippen LogP contribution in [-0.2, 0) is 14.9 Å². The van der Waals surface area contributed by atoms with Crippen molar-refractivity contribution in [3.8, 4) is 5.75 Å². The second-order valence-electron chi connectivity index (χ2n) is 4.61. The minimum Gasteiger partial charge on any atom is -0.383 e. The van der Waals surface area contributed by atoms with Gasteiger partial charge in [-0.2, -0.15) is 8.42 Å². The molecule has 0 bridgehead atoms. The van der Waals surface area contributed by atoms with Gasteiger partial charge in [0.1, 0.15) is 5.75 Å². The van der Waals surface area contributed by atoms with E-state index in [1.54, 1.807) is 12.1 Å². The first-order valence-corrected chi connectivity index (χ1v) is 8.13. The van der Waals surface area contributed by atoms with Gasteiger partial charge in [0.15, 0.2) is 0 Å². The molecule has 1 unspecified atom stereocenters. The number of nitrogens with zero attached hydrogens (tertiary/aromatic N) is 1. The number of morpholine rings is 1. The largest absolute Gasteiger partial charge is 0.383 e. The molecule has 0 radical (unpaired) electrons. The third kappa shape index (κ3) is 4.19. The van der Waals surface area contributed by atoms with Crippen molar-refractivity contribution in [3.05, 3.63) is 29.8 Å². The molecule has 2 rings (SSSR count). The molecule has 0 spiro atoms. The van der Waals surface area contributed by atoms with Crippen molar-refractivity contribution in [3.63, 3.8) is 0 Å². The average Bonchev–Trinajstić information content (AvgIpc) is 2.38. The number of hydrogen-bond donors (Lipinski definition) is 0. The van der Waals surface area contributed by atoms with E-state index >= 15 is 0 Å². The van der Waals surface area contributed by atoms with E-state index in [4.69, 9.17) is 8.92 Å². The molecule has 6 heteroatoms. The van der Waals surface area contributed by atoms with E-state index in [0.717, 1.165) is 38.1 Å². The van der Waals surface area contributed by atoms with Crippen molar-refractivity contribution >= 4 is 10.1 Å². The number of hydrogen-bond acceptors (Lipinski definition) is 5. The zero-order chi connectivity index (χ0) is 13.9. The molecule has 1 aromatic rings. The Labute approximate surface area is 114 Å². The molecule has 1 heterocycles. The van der Waals surface area contributed by atoms with Gasteiger partial charge in [0.2, 0.25) is 0 Å². The summed E-state index contributed by atoms with van der Waals surface area (Å²) < 4.78 is 32.6. The Morgan fingerprint density at radius 3 is 2.63 bits per heavy atom. The van der Waals surface area contributed by atoms with Crippen molar-refractivity contribution in [2.45, 2.75) is 13.0 Å². The molecule has 1 fully saturated rings. The predicted molar refractivity (Wildman–Crippen MR) is 72.7 cm³/mol. The first-order valence-electron chi connectivity index (χ1n) is 6.31. The lowest BCUT2D eigenvalue weighted by molar-refractivity contribution is -0.0281. The zero-order valence-electron chi connectivity index (χ0n) is 11.2. The summed E-state index contributed by atoms with van der Waals surface area (Å²) in [6.45, 7) is 5.69. The minimum absolute atomic E-state index is 0.0426. The Morgan fingerprint density at radius 1 is 1.37 bits per heavy atom. The van der Waals surface area contributed by atoms with Crippen LogP contribution in [0.3, 0.4) is 0 Å². The average molecular weight is 285 g/mol. The van der Waals surface area contributed by atoms with Crippen LogP contribution in [0.1, 0.15) is 18.6 Å². The fourth-order valence-corrected chi connectivity index (χ4v) is 2.56. The highest BCUT2D eigenvalue weighted by molar-refractivity contribution is 7.86. The van der Waals surface area contributed by atoms with Gasteiger partial charge in [0.05, 0.1) is 19.0 Å². The molecule has 5 nitrogen and oxygen atoms in total. The molecule has 1 aliphatic heterocycles. The number of rotatable bonds is 4. The lowest BCUT2D eigenvalue weighted by Crippen LogP contribution is -2.38. The van der Waals surface area contributed by atoms with Crippen molar-refractivity contribution in [2.75, 3.05) is 32.5 Å². The van der Waals surface area contributed by atoms with E-state index in [1.165, 1.54) is 0 Å². The summed E-state index contributed by atoms with van der Waals surface area (Å²) in [4.78, 5) is 2.33. The molecule has 0 N–H and O–H groups in total. The quantitative estimate of drug-likeness (QED) is 0.783. The summed E-state index contributed by atoms with van der Waals surface area (Å²) in [5.74, 6) is 0.328. The van der Waals surface area contributed by atoms with Crippen molar-refractivity contribution in [1.29, 1.82) is 0 Å². The lowest BCUT2D eigenvalue weighted by atomic mass is 10.1. The maximum absolute atomic E-state index is 11.0. The Bertz CT molecular complexity index is 512. The smallest absolute Gasteiger partial charge is 0.306 e. The predicted octanol–water partition coefficient (Wildman–Crippen LogP) is 1.42. The molecule has 0 aromatic heterocycles. The van der Waals surface area contributed by atoms with Crippen LogP contribution in [0.2, 0.25) is 0 Å². The number of benzene rings is 1. The molecule has 106 valence electrons. The van der Waals surface area contributed by atoms with Gasteiger partial charge in [0.25, 0.3) is 0 Å². The Morgan fingerprint density at radius 2 is 2.05 bits per heavy atom. The molecule has 1 aromatic carbocycles. The van der Waals surface area contributed by atoms with E-state index in [0.29, 0.717) is 5.75 Å². The van der Waals surface area contributed by atoms with E-state index in [-0.39, 0.29) is 6.10 Å². The summed E-state index contributed by atoms with van der Waals surface area (Å²) in [5.41, 5.74) is 1.04.